The number of rotatable bonds is 7. The number of anilines is 2. The van der Waals surface area contributed by atoms with Crippen molar-refractivity contribution < 1.29 is 14.3 Å². The first kappa shape index (κ1) is 20.8. The Bertz CT molecular complexity index is 983. The van der Waals surface area contributed by atoms with Gasteiger partial charge in [0.2, 0.25) is 0 Å². The first-order valence-corrected chi connectivity index (χ1v) is 10.5. The summed E-state index contributed by atoms with van der Waals surface area (Å²) in [5, 5.41) is 11.5. The number of benzene rings is 2. The molecule has 3 aromatic rings. The molecule has 0 unspecified atom stereocenters. The maximum atomic E-state index is 12.2. The number of aromatic nitrogens is 2. The number of carbonyl (C=O) groups excluding carboxylic acids is 1. The molecule has 1 saturated heterocycles. The monoisotopic (exact) mass is 418 g/mol. The van der Waals surface area contributed by atoms with E-state index >= 15 is 0 Å². The van der Waals surface area contributed by atoms with Crippen molar-refractivity contribution in [1.82, 2.24) is 10.2 Å². The molecule has 4 rings (SSSR count). The lowest BCUT2D eigenvalue weighted by Crippen LogP contribution is -2.36. The van der Waals surface area contributed by atoms with Crippen LogP contribution in [0, 0.1) is 0 Å². The number of nitrogens with zero attached hydrogens (tertiary/aromatic N) is 3. The molecule has 7 heteroatoms. The van der Waals surface area contributed by atoms with Gasteiger partial charge in [-0.05, 0) is 48.4 Å². The fraction of sp³-hybridized carbons (Fsp3) is 0.292. The van der Waals surface area contributed by atoms with Gasteiger partial charge in [-0.3, -0.25) is 4.79 Å². The number of morpholine rings is 1. The van der Waals surface area contributed by atoms with Crippen LogP contribution in [0.2, 0.25) is 0 Å². The number of amides is 1. The summed E-state index contributed by atoms with van der Waals surface area (Å²) in [4.78, 5) is 14.3. The molecule has 1 aromatic heterocycles. The molecule has 1 aliphatic rings. The van der Waals surface area contributed by atoms with E-state index in [0.717, 1.165) is 36.6 Å². The highest BCUT2D eigenvalue weighted by Gasteiger charge is 2.13. The minimum Gasteiger partial charge on any atom is -0.484 e. The van der Waals surface area contributed by atoms with Crippen LogP contribution in [0.4, 0.5) is 11.5 Å². The van der Waals surface area contributed by atoms with Gasteiger partial charge in [0, 0.05) is 24.3 Å². The molecule has 0 bridgehead atoms. The molecular formula is C24H26N4O3. The lowest BCUT2D eigenvalue weighted by molar-refractivity contribution is -0.118. The van der Waals surface area contributed by atoms with Crippen LogP contribution in [0.5, 0.6) is 5.75 Å². The van der Waals surface area contributed by atoms with Crippen LogP contribution in [-0.2, 0) is 16.0 Å². The van der Waals surface area contributed by atoms with Crippen LogP contribution >= 0.6 is 0 Å². The van der Waals surface area contributed by atoms with Crippen LogP contribution in [-0.4, -0.2) is 49.0 Å². The Morgan fingerprint density at radius 2 is 1.74 bits per heavy atom. The van der Waals surface area contributed by atoms with Crippen molar-refractivity contribution in [3.05, 3.63) is 66.2 Å². The SMILES string of the molecule is CCc1ccc(OCC(=O)Nc2ccc(-c3ccc(N4CCOCC4)nn3)cc2)cc1. The van der Waals surface area contributed by atoms with Gasteiger partial charge >= 0.3 is 0 Å². The first-order valence-electron chi connectivity index (χ1n) is 10.5. The largest absolute Gasteiger partial charge is 0.484 e. The molecule has 1 amide bonds. The van der Waals surface area contributed by atoms with Crippen molar-refractivity contribution in [2.45, 2.75) is 13.3 Å². The van der Waals surface area contributed by atoms with Crippen molar-refractivity contribution >= 4 is 17.4 Å². The van der Waals surface area contributed by atoms with Crippen molar-refractivity contribution in [3.63, 3.8) is 0 Å². The van der Waals surface area contributed by atoms with Crippen LogP contribution < -0.4 is 15.0 Å². The number of carbonyl (C=O) groups is 1. The van der Waals surface area contributed by atoms with Gasteiger partial charge < -0.3 is 19.7 Å². The molecule has 0 aliphatic carbocycles. The second-order valence-corrected chi connectivity index (χ2v) is 7.29. The van der Waals surface area contributed by atoms with E-state index in [1.54, 1.807) is 0 Å². The molecule has 2 aromatic carbocycles. The highest BCUT2D eigenvalue weighted by Crippen LogP contribution is 2.21. The summed E-state index contributed by atoms with van der Waals surface area (Å²) in [6, 6.07) is 19.2. The van der Waals surface area contributed by atoms with E-state index in [0.29, 0.717) is 24.7 Å². The van der Waals surface area contributed by atoms with Gasteiger partial charge in [-0.1, -0.05) is 31.2 Å². The van der Waals surface area contributed by atoms with Crippen LogP contribution in [0.1, 0.15) is 12.5 Å². The average Bonchev–Trinajstić information content (AvgIpc) is 2.84. The Morgan fingerprint density at radius 1 is 1.00 bits per heavy atom. The van der Waals surface area contributed by atoms with Crippen molar-refractivity contribution in [2.75, 3.05) is 43.1 Å². The lowest BCUT2D eigenvalue weighted by atomic mass is 10.1. The Morgan fingerprint density at radius 3 is 2.39 bits per heavy atom. The van der Waals surface area contributed by atoms with Gasteiger partial charge in [0.15, 0.2) is 12.4 Å². The maximum absolute atomic E-state index is 12.2. The zero-order valence-electron chi connectivity index (χ0n) is 17.6. The molecule has 0 spiro atoms. The fourth-order valence-electron chi connectivity index (χ4n) is 3.33. The third-order valence-corrected chi connectivity index (χ3v) is 5.15. The molecule has 1 aliphatic heterocycles. The van der Waals surface area contributed by atoms with E-state index in [2.05, 4.69) is 27.3 Å². The number of hydrogen-bond acceptors (Lipinski definition) is 6. The summed E-state index contributed by atoms with van der Waals surface area (Å²) in [5.74, 6) is 1.34. The van der Waals surface area contributed by atoms with E-state index in [4.69, 9.17) is 9.47 Å². The van der Waals surface area contributed by atoms with Gasteiger partial charge in [0.1, 0.15) is 5.75 Å². The van der Waals surface area contributed by atoms with Gasteiger partial charge in [-0.25, -0.2) is 0 Å². The third-order valence-electron chi connectivity index (χ3n) is 5.15. The van der Waals surface area contributed by atoms with Gasteiger partial charge in [0.25, 0.3) is 5.91 Å². The maximum Gasteiger partial charge on any atom is 0.262 e. The number of nitrogens with one attached hydrogen (secondary N) is 1. The highest BCUT2D eigenvalue weighted by molar-refractivity contribution is 5.92. The smallest absolute Gasteiger partial charge is 0.262 e. The molecule has 31 heavy (non-hydrogen) atoms. The van der Waals surface area contributed by atoms with Crippen molar-refractivity contribution in [2.24, 2.45) is 0 Å². The summed E-state index contributed by atoms with van der Waals surface area (Å²) in [6.07, 6.45) is 0.973. The van der Waals surface area contributed by atoms with Gasteiger partial charge in [0.05, 0.1) is 18.9 Å². The second-order valence-electron chi connectivity index (χ2n) is 7.29. The quantitative estimate of drug-likeness (QED) is 0.632. The number of hydrogen-bond donors (Lipinski definition) is 1. The van der Waals surface area contributed by atoms with E-state index < -0.39 is 0 Å². The standard InChI is InChI=1S/C24H26N4O3/c1-2-18-3-9-21(10-4-18)31-17-24(29)25-20-7-5-19(6-8-20)22-11-12-23(27-26-22)28-13-15-30-16-14-28/h3-12H,2,13-17H2,1H3,(H,25,29). The normalized spacial score (nSPS) is 13.6. The summed E-state index contributed by atoms with van der Waals surface area (Å²) >= 11 is 0. The zero-order valence-corrected chi connectivity index (χ0v) is 17.6. The Kier molecular flexibility index (Phi) is 6.74. The van der Waals surface area contributed by atoms with Crippen LogP contribution in [0.3, 0.4) is 0 Å². The Hall–Kier alpha value is -3.45. The molecule has 2 heterocycles. The van der Waals surface area contributed by atoms with E-state index in [1.165, 1.54) is 5.56 Å². The van der Waals surface area contributed by atoms with Gasteiger partial charge in [-0.15, -0.1) is 10.2 Å². The van der Waals surface area contributed by atoms with Crippen molar-refractivity contribution in [3.8, 4) is 17.0 Å². The van der Waals surface area contributed by atoms with Crippen LogP contribution in [0.25, 0.3) is 11.3 Å². The predicted molar refractivity (Wildman–Crippen MR) is 120 cm³/mol. The topological polar surface area (TPSA) is 76.6 Å². The molecule has 0 radical (unpaired) electrons. The molecule has 0 atom stereocenters. The van der Waals surface area contributed by atoms with E-state index in [1.807, 2.05) is 60.7 Å². The van der Waals surface area contributed by atoms with E-state index in [9.17, 15) is 4.79 Å². The average molecular weight is 418 g/mol. The summed E-state index contributed by atoms with van der Waals surface area (Å²) in [6.45, 7) is 5.15. The summed E-state index contributed by atoms with van der Waals surface area (Å²) in [5.41, 5.74) is 3.66. The number of ether oxygens (including phenoxy) is 2. The fourth-order valence-corrected chi connectivity index (χ4v) is 3.33. The zero-order chi connectivity index (χ0) is 21.5. The van der Waals surface area contributed by atoms with Crippen molar-refractivity contribution in [1.29, 1.82) is 0 Å². The Balaban J connectivity index is 1.30. The first-order chi connectivity index (χ1) is 15.2. The molecular weight excluding hydrogens is 392 g/mol. The molecule has 160 valence electrons. The molecule has 1 N–H and O–H groups in total. The predicted octanol–water partition coefficient (Wildman–Crippen LogP) is 3.56. The molecule has 7 nitrogen and oxygen atoms in total. The second kappa shape index (κ2) is 10.0. The van der Waals surface area contributed by atoms with Gasteiger partial charge in [-0.2, -0.15) is 0 Å². The number of aryl methyl sites for hydroxylation is 1. The minimum atomic E-state index is -0.207. The third kappa shape index (κ3) is 5.58. The Labute approximate surface area is 182 Å². The molecule has 0 saturated carbocycles. The van der Waals surface area contributed by atoms with Crippen LogP contribution in [0.15, 0.2) is 60.7 Å². The molecule has 1 fully saturated rings. The van der Waals surface area contributed by atoms with E-state index in [-0.39, 0.29) is 12.5 Å². The highest BCUT2D eigenvalue weighted by atomic mass is 16.5. The minimum absolute atomic E-state index is 0.0400. The lowest BCUT2D eigenvalue weighted by Gasteiger charge is -2.27. The summed E-state index contributed by atoms with van der Waals surface area (Å²) < 4.78 is 10.9. The summed E-state index contributed by atoms with van der Waals surface area (Å²) in [7, 11) is 0.